The molecule has 3 aromatic carbocycles. The molecule has 0 aliphatic rings. The maximum Gasteiger partial charge on any atom is 0.0249 e. The van der Waals surface area contributed by atoms with Crippen molar-refractivity contribution in [3.63, 3.8) is 0 Å². The van der Waals surface area contributed by atoms with Crippen molar-refractivity contribution in [2.75, 3.05) is 0 Å². The van der Waals surface area contributed by atoms with E-state index in [-0.39, 0.29) is 5.41 Å². The van der Waals surface area contributed by atoms with Gasteiger partial charge in [-0.25, -0.2) is 0 Å². The second-order valence-corrected chi connectivity index (χ2v) is 5.49. The molecule has 0 aliphatic carbocycles. The molecule has 0 heterocycles. The third-order valence-electron chi connectivity index (χ3n) is 4.00. The van der Waals surface area contributed by atoms with Crippen LogP contribution in [0.5, 0.6) is 0 Å². The molecule has 103 valence electrons. The standard InChI is InChI=1S/C21H19/c1-21(19-13-7-3-8-14-19,20-15-9-4-10-16-20)17-18-11-5-2-6-12-18/h2-17H,1H3. The van der Waals surface area contributed by atoms with E-state index in [0.29, 0.717) is 0 Å². The average molecular weight is 271 g/mol. The molecule has 0 amide bonds. The van der Waals surface area contributed by atoms with Crippen molar-refractivity contribution >= 4 is 0 Å². The minimum absolute atomic E-state index is 0.135. The van der Waals surface area contributed by atoms with Gasteiger partial charge in [0.1, 0.15) is 0 Å². The smallest absolute Gasteiger partial charge is 0.0249 e. The Bertz CT molecular complexity index is 630. The van der Waals surface area contributed by atoms with Gasteiger partial charge in [-0.1, -0.05) is 97.9 Å². The van der Waals surface area contributed by atoms with Gasteiger partial charge in [-0.15, -0.1) is 0 Å². The van der Waals surface area contributed by atoms with E-state index < -0.39 is 0 Å². The van der Waals surface area contributed by atoms with Crippen LogP contribution in [0.3, 0.4) is 0 Å². The second kappa shape index (κ2) is 5.97. The Hall–Kier alpha value is -2.34. The van der Waals surface area contributed by atoms with Crippen LogP contribution in [0.25, 0.3) is 0 Å². The summed E-state index contributed by atoms with van der Waals surface area (Å²) in [4.78, 5) is 0. The van der Waals surface area contributed by atoms with E-state index in [1.165, 1.54) is 16.7 Å². The first-order valence-electron chi connectivity index (χ1n) is 7.31. The van der Waals surface area contributed by atoms with Crippen LogP contribution < -0.4 is 0 Å². The van der Waals surface area contributed by atoms with Crippen molar-refractivity contribution < 1.29 is 0 Å². The van der Waals surface area contributed by atoms with Gasteiger partial charge in [0.05, 0.1) is 0 Å². The Morgan fingerprint density at radius 1 is 0.571 bits per heavy atom. The summed E-state index contributed by atoms with van der Waals surface area (Å²) in [5, 5.41) is 0. The van der Waals surface area contributed by atoms with Gasteiger partial charge >= 0.3 is 0 Å². The molecule has 0 bridgehead atoms. The van der Waals surface area contributed by atoms with Gasteiger partial charge < -0.3 is 0 Å². The molecule has 0 unspecified atom stereocenters. The van der Waals surface area contributed by atoms with Gasteiger partial charge in [0.2, 0.25) is 0 Å². The van der Waals surface area contributed by atoms with E-state index in [2.05, 4.69) is 104 Å². The Morgan fingerprint density at radius 3 is 1.38 bits per heavy atom. The molecule has 0 saturated heterocycles. The molecule has 0 N–H and O–H groups in total. The van der Waals surface area contributed by atoms with Crippen molar-refractivity contribution in [1.29, 1.82) is 0 Å². The predicted octanol–water partition coefficient (Wildman–Crippen LogP) is 5.25. The predicted molar refractivity (Wildman–Crippen MR) is 89.2 cm³/mol. The molecule has 0 aliphatic heterocycles. The Labute approximate surface area is 127 Å². The van der Waals surface area contributed by atoms with E-state index >= 15 is 0 Å². The van der Waals surface area contributed by atoms with E-state index in [1.54, 1.807) is 0 Å². The molecular weight excluding hydrogens is 252 g/mol. The summed E-state index contributed by atoms with van der Waals surface area (Å²) in [5.74, 6) is 0. The van der Waals surface area contributed by atoms with E-state index in [4.69, 9.17) is 0 Å². The fourth-order valence-electron chi connectivity index (χ4n) is 2.78. The molecule has 0 nitrogen and oxygen atoms in total. The summed E-state index contributed by atoms with van der Waals surface area (Å²) < 4.78 is 0. The van der Waals surface area contributed by atoms with Gasteiger partial charge in [0.25, 0.3) is 0 Å². The molecule has 21 heavy (non-hydrogen) atoms. The lowest BCUT2D eigenvalue weighted by molar-refractivity contribution is 0.678. The highest BCUT2D eigenvalue weighted by molar-refractivity contribution is 5.46. The van der Waals surface area contributed by atoms with Crippen molar-refractivity contribution in [2.24, 2.45) is 0 Å². The first-order chi connectivity index (χ1) is 10.3. The molecular formula is C21H19. The number of benzene rings is 3. The van der Waals surface area contributed by atoms with Crippen LogP contribution in [-0.4, -0.2) is 0 Å². The van der Waals surface area contributed by atoms with Crippen LogP contribution in [0.15, 0.2) is 91.0 Å². The third kappa shape index (κ3) is 2.90. The van der Waals surface area contributed by atoms with Crippen LogP contribution in [0.4, 0.5) is 0 Å². The lowest BCUT2D eigenvalue weighted by Crippen LogP contribution is -2.24. The molecule has 3 aromatic rings. The van der Waals surface area contributed by atoms with Crippen molar-refractivity contribution in [1.82, 2.24) is 0 Å². The molecule has 0 heteroatoms. The maximum atomic E-state index is 2.34. The molecule has 1 radical (unpaired) electrons. The third-order valence-corrected chi connectivity index (χ3v) is 4.00. The molecule has 3 rings (SSSR count). The van der Waals surface area contributed by atoms with E-state index in [1.807, 2.05) is 0 Å². The first kappa shape index (κ1) is 13.6. The summed E-state index contributed by atoms with van der Waals surface area (Å²) in [6.45, 7) is 2.28. The highest BCUT2D eigenvalue weighted by Gasteiger charge is 2.29. The number of rotatable bonds is 4. The molecule has 0 spiro atoms. The normalized spacial score (nSPS) is 11.3. The fraction of sp³-hybridized carbons (Fsp3) is 0.0952. The van der Waals surface area contributed by atoms with Crippen molar-refractivity contribution in [3.05, 3.63) is 114 Å². The highest BCUT2D eigenvalue weighted by atomic mass is 14.3. The van der Waals surface area contributed by atoms with Gasteiger partial charge in [0, 0.05) is 11.8 Å². The monoisotopic (exact) mass is 271 g/mol. The minimum Gasteiger partial charge on any atom is -0.0622 e. The van der Waals surface area contributed by atoms with E-state index in [0.717, 1.165) is 0 Å². The zero-order valence-electron chi connectivity index (χ0n) is 12.2. The second-order valence-electron chi connectivity index (χ2n) is 5.49. The summed E-state index contributed by atoms with van der Waals surface area (Å²) in [5.41, 5.74) is 3.72. The number of hydrogen-bond acceptors (Lipinski definition) is 0. The molecule has 0 fully saturated rings. The van der Waals surface area contributed by atoms with Crippen LogP contribution in [0.1, 0.15) is 23.6 Å². The number of hydrogen-bond donors (Lipinski definition) is 0. The van der Waals surface area contributed by atoms with Crippen molar-refractivity contribution in [2.45, 2.75) is 12.3 Å². The van der Waals surface area contributed by atoms with Gasteiger partial charge in [-0.2, -0.15) is 0 Å². The zero-order valence-corrected chi connectivity index (χ0v) is 12.2. The maximum absolute atomic E-state index is 2.34. The quantitative estimate of drug-likeness (QED) is 0.608. The minimum atomic E-state index is -0.135. The lowest BCUT2D eigenvalue weighted by atomic mass is 9.72. The van der Waals surface area contributed by atoms with Crippen LogP contribution >= 0.6 is 0 Å². The molecule has 0 saturated carbocycles. The van der Waals surface area contributed by atoms with E-state index in [9.17, 15) is 0 Å². The highest BCUT2D eigenvalue weighted by Crippen LogP contribution is 2.36. The fourth-order valence-corrected chi connectivity index (χ4v) is 2.78. The SMILES string of the molecule is CC([CH]c1ccccc1)(c1ccccc1)c1ccccc1. The van der Waals surface area contributed by atoms with Gasteiger partial charge in [0.15, 0.2) is 0 Å². The van der Waals surface area contributed by atoms with Crippen LogP contribution in [0, 0.1) is 6.42 Å². The van der Waals surface area contributed by atoms with Gasteiger partial charge in [-0.05, 0) is 16.7 Å². The van der Waals surface area contributed by atoms with Crippen LogP contribution in [-0.2, 0) is 5.41 Å². The first-order valence-corrected chi connectivity index (χ1v) is 7.31. The summed E-state index contributed by atoms with van der Waals surface area (Å²) >= 11 is 0. The molecule has 0 atom stereocenters. The van der Waals surface area contributed by atoms with Crippen LogP contribution in [0.2, 0.25) is 0 Å². The lowest BCUT2D eigenvalue weighted by Gasteiger charge is -2.31. The van der Waals surface area contributed by atoms with Crippen molar-refractivity contribution in [3.8, 4) is 0 Å². The summed E-state index contributed by atoms with van der Waals surface area (Å²) in [7, 11) is 0. The van der Waals surface area contributed by atoms with Gasteiger partial charge in [-0.3, -0.25) is 0 Å². The Kier molecular flexibility index (Phi) is 3.87. The average Bonchev–Trinajstić information content (AvgIpc) is 2.57. The topological polar surface area (TPSA) is 0 Å². The zero-order chi connectivity index (χ0) is 14.5. The summed E-state index contributed by atoms with van der Waals surface area (Å²) in [6, 6.07) is 31.9. The Morgan fingerprint density at radius 2 is 0.952 bits per heavy atom. The Balaban J connectivity index is 2.07. The largest absolute Gasteiger partial charge is 0.0622 e. The molecule has 0 aromatic heterocycles. The summed E-state index contributed by atoms with van der Waals surface area (Å²) in [6.07, 6.45) is 2.34.